The Morgan fingerprint density at radius 2 is 1.68 bits per heavy atom. The van der Waals surface area contributed by atoms with Crippen molar-refractivity contribution in [2.45, 2.75) is 13.8 Å². The summed E-state index contributed by atoms with van der Waals surface area (Å²) < 4.78 is 0. The molecule has 6 heteroatoms. The van der Waals surface area contributed by atoms with Crippen LogP contribution in [0.3, 0.4) is 0 Å². The van der Waals surface area contributed by atoms with Gasteiger partial charge in [-0.1, -0.05) is 24.3 Å². The lowest BCUT2D eigenvalue weighted by molar-refractivity contribution is 0.426. The molecule has 0 unspecified atom stereocenters. The number of aryl methyl sites for hydroxylation is 2. The van der Waals surface area contributed by atoms with Gasteiger partial charge in [0.2, 0.25) is 0 Å². The van der Waals surface area contributed by atoms with E-state index in [1.807, 2.05) is 13.0 Å². The molecule has 2 N–H and O–H groups in total. The van der Waals surface area contributed by atoms with Gasteiger partial charge in [-0.05, 0) is 19.3 Å². The van der Waals surface area contributed by atoms with Crippen LogP contribution < -0.4 is 5.46 Å². The number of rotatable bonds is 2. The largest absolute Gasteiger partial charge is 0.488 e. The van der Waals surface area contributed by atoms with E-state index in [2.05, 4.69) is 9.97 Å². The number of hydrogen-bond acceptors (Lipinski definition) is 5. The zero-order chi connectivity index (χ0) is 14.0. The molecule has 19 heavy (non-hydrogen) atoms. The van der Waals surface area contributed by atoms with Crippen molar-refractivity contribution in [1.82, 2.24) is 9.97 Å². The van der Waals surface area contributed by atoms with Crippen LogP contribution in [0.5, 0.6) is 0 Å². The predicted molar refractivity (Wildman–Crippen MR) is 71.5 cm³/mol. The van der Waals surface area contributed by atoms with Gasteiger partial charge in [0.05, 0.1) is 17.1 Å². The summed E-state index contributed by atoms with van der Waals surface area (Å²) in [5.74, 6) is 0. The molecule has 0 radical (unpaired) electrons. The maximum Gasteiger partial charge on any atom is 0.488 e. The summed E-state index contributed by atoms with van der Waals surface area (Å²) in [7, 11) is -1.49. The standard InChI is InChI=1S/C13H12BN3O2/c1-8-12(7-15)17-13(9(2)16-8)10-3-5-11(6-4-10)14(18)19/h3-6,18-19H,1-2H3. The number of nitrogens with zero attached hydrogens (tertiary/aromatic N) is 3. The lowest BCUT2D eigenvalue weighted by atomic mass is 9.80. The number of hydrogen-bond donors (Lipinski definition) is 2. The van der Waals surface area contributed by atoms with E-state index < -0.39 is 7.12 Å². The highest BCUT2D eigenvalue weighted by Gasteiger charge is 2.13. The van der Waals surface area contributed by atoms with Gasteiger partial charge >= 0.3 is 7.12 Å². The highest BCUT2D eigenvalue weighted by molar-refractivity contribution is 6.58. The molecule has 1 aromatic heterocycles. The fourth-order valence-electron chi connectivity index (χ4n) is 1.82. The van der Waals surface area contributed by atoms with Crippen molar-refractivity contribution in [1.29, 1.82) is 5.26 Å². The van der Waals surface area contributed by atoms with Crippen LogP contribution in [0.1, 0.15) is 17.1 Å². The predicted octanol–water partition coefficient (Wildman–Crippen LogP) is 0.312. The summed E-state index contributed by atoms with van der Waals surface area (Å²) in [6, 6.07) is 8.67. The second kappa shape index (κ2) is 5.18. The van der Waals surface area contributed by atoms with E-state index in [9.17, 15) is 0 Å². The minimum Gasteiger partial charge on any atom is -0.423 e. The summed E-state index contributed by atoms with van der Waals surface area (Å²) in [5.41, 5.74) is 3.45. The van der Waals surface area contributed by atoms with Gasteiger partial charge in [0.25, 0.3) is 0 Å². The Kier molecular flexibility index (Phi) is 3.60. The number of nitriles is 1. The zero-order valence-corrected chi connectivity index (χ0v) is 10.6. The Hall–Kier alpha value is -2.23. The van der Waals surface area contributed by atoms with Gasteiger partial charge in [-0.2, -0.15) is 5.26 Å². The molecular formula is C13H12BN3O2. The summed E-state index contributed by atoms with van der Waals surface area (Å²) in [4.78, 5) is 8.58. The van der Waals surface area contributed by atoms with Crippen molar-refractivity contribution >= 4 is 12.6 Å². The van der Waals surface area contributed by atoms with E-state index in [1.54, 1.807) is 31.2 Å². The first kappa shape index (κ1) is 13.2. The molecule has 94 valence electrons. The highest BCUT2D eigenvalue weighted by Crippen LogP contribution is 2.20. The topological polar surface area (TPSA) is 90.0 Å². The van der Waals surface area contributed by atoms with E-state index in [0.29, 0.717) is 22.5 Å². The first-order valence-corrected chi connectivity index (χ1v) is 5.74. The van der Waals surface area contributed by atoms with Crippen LogP contribution in [0.2, 0.25) is 0 Å². The van der Waals surface area contributed by atoms with Crippen LogP contribution in [-0.4, -0.2) is 27.1 Å². The fourth-order valence-corrected chi connectivity index (χ4v) is 1.82. The van der Waals surface area contributed by atoms with Crippen LogP contribution in [-0.2, 0) is 0 Å². The molecule has 2 aromatic rings. The Morgan fingerprint density at radius 1 is 1.05 bits per heavy atom. The smallest absolute Gasteiger partial charge is 0.423 e. The third-order valence-corrected chi connectivity index (χ3v) is 2.83. The fraction of sp³-hybridized carbons (Fsp3) is 0.154. The quantitative estimate of drug-likeness (QED) is 0.752. The summed E-state index contributed by atoms with van der Waals surface area (Å²) >= 11 is 0. The van der Waals surface area contributed by atoms with E-state index in [-0.39, 0.29) is 0 Å². The van der Waals surface area contributed by atoms with Gasteiger partial charge in [0.1, 0.15) is 6.07 Å². The first-order valence-electron chi connectivity index (χ1n) is 5.74. The lowest BCUT2D eigenvalue weighted by Gasteiger charge is -2.07. The van der Waals surface area contributed by atoms with Crippen molar-refractivity contribution in [3.05, 3.63) is 41.3 Å². The second-order valence-electron chi connectivity index (χ2n) is 4.20. The molecule has 0 saturated heterocycles. The van der Waals surface area contributed by atoms with E-state index >= 15 is 0 Å². The maximum absolute atomic E-state index is 9.04. The molecule has 5 nitrogen and oxygen atoms in total. The van der Waals surface area contributed by atoms with Crippen molar-refractivity contribution in [2.24, 2.45) is 0 Å². The van der Waals surface area contributed by atoms with Crippen LogP contribution in [0.4, 0.5) is 0 Å². The summed E-state index contributed by atoms with van der Waals surface area (Å²) in [6.45, 7) is 3.57. The van der Waals surface area contributed by atoms with Gasteiger partial charge in [-0.3, -0.25) is 4.98 Å². The van der Waals surface area contributed by atoms with Gasteiger partial charge in [0.15, 0.2) is 5.69 Å². The monoisotopic (exact) mass is 253 g/mol. The van der Waals surface area contributed by atoms with Gasteiger partial charge < -0.3 is 10.0 Å². The third-order valence-electron chi connectivity index (χ3n) is 2.83. The molecule has 0 amide bonds. The van der Waals surface area contributed by atoms with Crippen molar-refractivity contribution in [2.75, 3.05) is 0 Å². The lowest BCUT2D eigenvalue weighted by Crippen LogP contribution is -2.29. The van der Waals surface area contributed by atoms with Crippen molar-refractivity contribution in [3.63, 3.8) is 0 Å². The molecule has 0 fully saturated rings. The maximum atomic E-state index is 9.04. The Balaban J connectivity index is 2.50. The van der Waals surface area contributed by atoms with Crippen LogP contribution in [0.25, 0.3) is 11.3 Å². The molecule has 0 aliphatic rings. The molecular weight excluding hydrogens is 241 g/mol. The first-order chi connectivity index (χ1) is 9.02. The molecule has 1 heterocycles. The molecule has 1 aromatic carbocycles. The minimum atomic E-state index is -1.49. The zero-order valence-electron chi connectivity index (χ0n) is 10.6. The van der Waals surface area contributed by atoms with Crippen LogP contribution in [0.15, 0.2) is 24.3 Å². The molecule has 0 spiro atoms. The van der Waals surface area contributed by atoms with Gasteiger partial charge in [-0.15, -0.1) is 0 Å². The van der Waals surface area contributed by atoms with E-state index in [0.717, 1.165) is 11.3 Å². The highest BCUT2D eigenvalue weighted by atomic mass is 16.4. The average Bonchev–Trinajstić information content (AvgIpc) is 2.39. The van der Waals surface area contributed by atoms with Crippen LogP contribution >= 0.6 is 0 Å². The third kappa shape index (κ3) is 2.62. The normalized spacial score (nSPS) is 10.1. The Morgan fingerprint density at radius 3 is 2.21 bits per heavy atom. The van der Waals surface area contributed by atoms with E-state index in [1.165, 1.54) is 0 Å². The SMILES string of the molecule is Cc1nc(C)c(-c2ccc(B(O)O)cc2)nc1C#N. The minimum absolute atomic E-state index is 0.298. The molecule has 0 atom stereocenters. The van der Waals surface area contributed by atoms with E-state index in [4.69, 9.17) is 15.3 Å². The Labute approximate surface area is 111 Å². The second-order valence-corrected chi connectivity index (χ2v) is 4.20. The van der Waals surface area contributed by atoms with Gasteiger partial charge in [0, 0.05) is 5.56 Å². The molecule has 0 aliphatic carbocycles. The Bertz CT molecular complexity index is 648. The molecule has 2 rings (SSSR count). The average molecular weight is 253 g/mol. The number of benzene rings is 1. The molecule has 0 saturated carbocycles. The van der Waals surface area contributed by atoms with Gasteiger partial charge in [-0.25, -0.2) is 4.98 Å². The summed E-state index contributed by atoms with van der Waals surface area (Å²) in [6.07, 6.45) is 0. The molecule has 0 bridgehead atoms. The molecule has 0 aliphatic heterocycles. The van der Waals surface area contributed by atoms with Crippen LogP contribution in [0, 0.1) is 25.2 Å². The summed E-state index contributed by atoms with van der Waals surface area (Å²) in [5, 5.41) is 27.1. The number of aromatic nitrogens is 2. The van der Waals surface area contributed by atoms with Crippen molar-refractivity contribution in [3.8, 4) is 17.3 Å². The van der Waals surface area contributed by atoms with Crippen molar-refractivity contribution < 1.29 is 10.0 Å².